The van der Waals surface area contributed by atoms with Crippen molar-refractivity contribution >= 4 is 44.5 Å². The molecule has 180 valence electrons. The highest BCUT2D eigenvalue weighted by Gasteiger charge is 2.16. The normalized spacial score (nSPS) is 11.3. The molecule has 0 aliphatic rings. The average Bonchev–Trinajstić information content (AvgIpc) is 3.36. The van der Waals surface area contributed by atoms with Crippen LogP contribution in [-0.2, 0) is 0 Å². The molecule has 0 radical (unpaired) electrons. The van der Waals surface area contributed by atoms with Crippen LogP contribution >= 0.6 is 22.6 Å². The molecule has 0 bridgehead atoms. The number of rotatable bonds is 4. The summed E-state index contributed by atoms with van der Waals surface area (Å²) in [7, 11) is 0. The van der Waals surface area contributed by atoms with Crippen LogP contribution in [0.3, 0.4) is 0 Å². The van der Waals surface area contributed by atoms with Gasteiger partial charge in [0, 0.05) is 21.9 Å². The van der Waals surface area contributed by atoms with E-state index in [4.69, 9.17) is 14.4 Å². The summed E-state index contributed by atoms with van der Waals surface area (Å²) in [5.41, 5.74) is 9.22. The van der Waals surface area contributed by atoms with Gasteiger partial charge in [0.2, 0.25) is 0 Å². The van der Waals surface area contributed by atoms with E-state index < -0.39 is 0 Å². The van der Waals surface area contributed by atoms with Crippen LogP contribution in [0, 0.1) is 3.70 Å². The van der Waals surface area contributed by atoms with E-state index in [9.17, 15) is 0 Å². The van der Waals surface area contributed by atoms with Gasteiger partial charge in [0.15, 0.2) is 5.82 Å². The second kappa shape index (κ2) is 9.54. The summed E-state index contributed by atoms with van der Waals surface area (Å²) in [6, 6.07) is 43.9. The van der Waals surface area contributed by atoms with E-state index in [2.05, 4.69) is 101 Å². The van der Waals surface area contributed by atoms with E-state index in [0.29, 0.717) is 5.82 Å². The molecule has 0 aliphatic heterocycles. The number of nitrogens with zero attached hydrogens (tertiary/aromatic N) is 2. The number of benzene rings is 5. The minimum atomic E-state index is 0.701. The van der Waals surface area contributed by atoms with Crippen molar-refractivity contribution in [2.24, 2.45) is 0 Å². The first-order valence-corrected chi connectivity index (χ1v) is 13.5. The van der Waals surface area contributed by atoms with Gasteiger partial charge < -0.3 is 4.42 Å². The van der Waals surface area contributed by atoms with Crippen LogP contribution in [0.25, 0.3) is 66.8 Å². The van der Waals surface area contributed by atoms with Gasteiger partial charge >= 0.3 is 0 Å². The Bertz CT molecular complexity index is 1870. The van der Waals surface area contributed by atoms with Gasteiger partial charge in [-0.1, -0.05) is 91.0 Å². The fourth-order valence-electron chi connectivity index (χ4n) is 5.02. The summed E-state index contributed by atoms with van der Waals surface area (Å²) >= 11 is 2.29. The van der Waals surface area contributed by atoms with Gasteiger partial charge in [-0.2, -0.15) is 0 Å². The maximum absolute atomic E-state index is 6.14. The zero-order chi connectivity index (χ0) is 25.5. The summed E-state index contributed by atoms with van der Waals surface area (Å²) < 4.78 is 7.03. The average molecular weight is 600 g/mol. The van der Waals surface area contributed by atoms with E-state index in [0.717, 1.165) is 64.7 Å². The first-order chi connectivity index (χ1) is 18.7. The molecule has 2 aromatic heterocycles. The molecule has 0 unspecified atom stereocenters. The van der Waals surface area contributed by atoms with Gasteiger partial charge in [0.05, 0.1) is 5.69 Å². The summed E-state index contributed by atoms with van der Waals surface area (Å²) in [5.74, 6) is 0.701. The van der Waals surface area contributed by atoms with Crippen LogP contribution in [0.15, 0.2) is 132 Å². The van der Waals surface area contributed by atoms with Crippen LogP contribution < -0.4 is 0 Å². The van der Waals surface area contributed by atoms with Gasteiger partial charge in [0.1, 0.15) is 14.9 Å². The van der Waals surface area contributed by atoms with Gasteiger partial charge in [-0.05, 0) is 81.2 Å². The molecule has 38 heavy (non-hydrogen) atoms. The van der Waals surface area contributed by atoms with Crippen molar-refractivity contribution in [3.63, 3.8) is 0 Å². The van der Waals surface area contributed by atoms with E-state index in [1.54, 1.807) is 0 Å². The highest BCUT2D eigenvalue weighted by Crippen LogP contribution is 2.37. The van der Waals surface area contributed by atoms with Crippen molar-refractivity contribution in [2.45, 2.75) is 0 Å². The number of furan rings is 1. The number of halogens is 1. The van der Waals surface area contributed by atoms with Crippen molar-refractivity contribution in [3.8, 4) is 44.9 Å². The molecule has 0 saturated carbocycles. The van der Waals surface area contributed by atoms with Crippen molar-refractivity contribution < 1.29 is 4.42 Å². The van der Waals surface area contributed by atoms with Gasteiger partial charge in [0.25, 0.3) is 0 Å². The Balaban J connectivity index is 1.44. The lowest BCUT2D eigenvalue weighted by atomic mass is 9.95. The molecule has 5 aromatic carbocycles. The molecule has 7 aromatic rings. The zero-order valence-electron chi connectivity index (χ0n) is 20.3. The lowest BCUT2D eigenvalue weighted by molar-refractivity contribution is 0.669. The number of para-hydroxylation sites is 1. The first kappa shape index (κ1) is 22.9. The van der Waals surface area contributed by atoms with Crippen molar-refractivity contribution in [1.29, 1.82) is 0 Å². The predicted octanol–water partition coefficient (Wildman–Crippen LogP) is 9.65. The maximum Gasteiger partial charge on any atom is 0.160 e. The Morgan fingerprint density at radius 2 is 1.11 bits per heavy atom. The zero-order valence-corrected chi connectivity index (χ0v) is 22.5. The highest BCUT2D eigenvalue weighted by molar-refractivity contribution is 14.1. The van der Waals surface area contributed by atoms with Crippen LogP contribution in [0.5, 0.6) is 0 Å². The monoisotopic (exact) mass is 600 g/mol. The molecule has 4 heteroatoms. The van der Waals surface area contributed by atoms with Crippen molar-refractivity contribution in [2.75, 3.05) is 0 Å². The van der Waals surface area contributed by atoms with Gasteiger partial charge in [-0.3, -0.25) is 0 Å². The second-order valence-corrected chi connectivity index (χ2v) is 10.3. The lowest BCUT2D eigenvalue weighted by Crippen LogP contribution is -1.96. The Hall–Kier alpha value is -4.29. The third kappa shape index (κ3) is 4.17. The molecule has 0 saturated heterocycles. The molecule has 0 amide bonds. The second-order valence-electron chi connectivity index (χ2n) is 9.21. The largest absolute Gasteiger partial charge is 0.456 e. The van der Waals surface area contributed by atoms with Crippen LogP contribution in [0.1, 0.15) is 0 Å². The standard InChI is InChI=1S/C34H21IN2O/c35-32-21-29(27-15-9-17-31-33(27)28-14-7-8-16-30(28)38-31)36-34(37-32)26-19-24(22-10-3-1-4-11-22)18-25(20-26)23-12-5-2-6-13-23/h1-21H. The van der Waals surface area contributed by atoms with Gasteiger partial charge in [-0.15, -0.1) is 0 Å². The predicted molar refractivity (Wildman–Crippen MR) is 164 cm³/mol. The molecule has 3 nitrogen and oxygen atoms in total. The Kier molecular flexibility index (Phi) is 5.74. The summed E-state index contributed by atoms with van der Waals surface area (Å²) in [4.78, 5) is 10.0. The number of hydrogen-bond acceptors (Lipinski definition) is 3. The number of fused-ring (bicyclic) bond motifs is 3. The third-order valence-corrected chi connectivity index (χ3v) is 7.33. The lowest BCUT2D eigenvalue weighted by Gasteiger charge is -2.12. The van der Waals surface area contributed by atoms with Crippen LogP contribution in [-0.4, -0.2) is 9.97 Å². The van der Waals surface area contributed by atoms with Gasteiger partial charge in [-0.25, -0.2) is 9.97 Å². The van der Waals surface area contributed by atoms with E-state index in [1.165, 1.54) is 0 Å². The molecular formula is C34H21IN2O. The fraction of sp³-hybridized carbons (Fsp3) is 0. The maximum atomic E-state index is 6.14. The SMILES string of the molecule is Ic1cc(-c2cccc3oc4ccccc4c23)nc(-c2cc(-c3ccccc3)cc(-c3ccccc3)c2)n1. The molecule has 0 fully saturated rings. The minimum Gasteiger partial charge on any atom is -0.456 e. The smallest absolute Gasteiger partial charge is 0.160 e. The Morgan fingerprint density at radius 3 is 1.82 bits per heavy atom. The van der Waals surface area contributed by atoms with E-state index in [-0.39, 0.29) is 0 Å². The van der Waals surface area contributed by atoms with Crippen molar-refractivity contribution in [1.82, 2.24) is 9.97 Å². The van der Waals surface area contributed by atoms with Crippen molar-refractivity contribution in [3.05, 3.63) is 131 Å². The first-order valence-electron chi connectivity index (χ1n) is 12.4. The third-order valence-electron chi connectivity index (χ3n) is 6.78. The molecule has 2 heterocycles. The number of hydrogen-bond donors (Lipinski definition) is 0. The Labute approximate surface area is 234 Å². The molecule has 0 N–H and O–H groups in total. The van der Waals surface area contributed by atoms with E-state index >= 15 is 0 Å². The topological polar surface area (TPSA) is 38.9 Å². The van der Waals surface area contributed by atoms with Crippen LogP contribution in [0.2, 0.25) is 0 Å². The summed E-state index contributed by atoms with van der Waals surface area (Å²) in [6.07, 6.45) is 0. The highest BCUT2D eigenvalue weighted by atomic mass is 127. The molecular weight excluding hydrogens is 579 g/mol. The van der Waals surface area contributed by atoms with Crippen LogP contribution in [0.4, 0.5) is 0 Å². The molecule has 7 rings (SSSR count). The minimum absolute atomic E-state index is 0.701. The molecule has 0 aliphatic carbocycles. The fourth-order valence-corrected chi connectivity index (χ4v) is 5.55. The van der Waals surface area contributed by atoms with E-state index in [1.807, 2.05) is 48.5 Å². The summed E-state index contributed by atoms with van der Waals surface area (Å²) in [5, 5.41) is 2.16. The quantitative estimate of drug-likeness (QED) is 0.149. The Morgan fingerprint density at radius 1 is 0.500 bits per heavy atom. The summed E-state index contributed by atoms with van der Waals surface area (Å²) in [6.45, 7) is 0. The number of aromatic nitrogens is 2. The molecule has 0 atom stereocenters. The molecule has 0 spiro atoms.